The van der Waals surface area contributed by atoms with Crippen LogP contribution in [0.3, 0.4) is 0 Å². The van der Waals surface area contributed by atoms with Crippen LogP contribution in [0.2, 0.25) is 0 Å². The largest absolute Gasteiger partial charge is 0.481 e. The van der Waals surface area contributed by atoms with Crippen molar-refractivity contribution in [3.8, 4) is 5.88 Å². The van der Waals surface area contributed by atoms with Gasteiger partial charge < -0.3 is 14.4 Å². The van der Waals surface area contributed by atoms with Gasteiger partial charge in [0.2, 0.25) is 5.88 Å². The third kappa shape index (κ3) is 3.94. The lowest BCUT2D eigenvalue weighted by atomic mass is 10.4. The van der Waals surface area contributed by atoms with Crippen LogP contribution in [0.1, 0.15) is 0 Å². The Morgan fingerprint density at radius 3 is 2.75 bits per heavy atom. The van der Waals surface area contributed by atoms with Crippen molar-refractivity contribution in [2.45, 2.75) is 0 Å². The molecule has 0 unspecified atom stereocenters. The highest BCUT2D eigenvalue weighted by Crippen LogP contribution is 2.15. The van der Waals surface area contributed by atoms with E-state index in [0.717, 1.165) is 24.2 Å². The Morgan fingerprint density at radius 2 is 2.12 bits per heavy atom. The molecule has 0 spiro atoms. The van der Waals surface area contributed by atoms with Crippen LogP contribution in [-0.2, 0) is 4.74 Å². The van der Waals surface area contributed by atoms with E-state index in [1.807, 2.05) is 6.07 Å². The molecule has 1 aromatic rings. The van der Waals surface area contributed by atoms with Crippen molar-refractivity contribution in [3.05, 3.63) is 12.4 Å². The Kier molecular flexibility index (Phi) is 6.10. The van der Waals surface area contributed by atoms with Gasteiger partial charge in [0, 0.05) is 31.6 Å². The number of rotatable bonds is 7. The van der Waals surface area contributed by atoms with Gasteiger partial charge in [0.15, 0.2) is 0 Å². The van der Waals surface area contributed by atoms with E-state index in [2.05, 4.69) is 30.8 Å². The quantitative estimate of drug-likeness (QED) is 0.709. The van der Waals surface area contributed by atoms with Gasteiger partial charge in [-0.05, 0) is 0 Å². The summed E-state index contributed by atoms with van der Waals surface area (Å²) in [6.45, 7) is 2.32. The molecule has 90 valence electrons. The van der Waals surface area contributed by atoms with E-state index < -0.39 is 0 Å². The molecular formula is C10H16BrN3O2. The van der Waals surface area contributed by atoms with E-state index in [-0.39, 0.29) is 0 Å². The van der Waals surface area contributed by atoms with Crippen molar-refractivity contribution in [2.24, 2.45) is 0 Å². The maximum atomic E-state index is 5.07. The first-order valence-corrected chi connectivity index (χ1v) is 6.10. The molecule has 0 radical (unpaired) electrons. The smallest absolute Gasteiger partial charge is 0.218 e. The van der Waals surface area contributed by atoms with Gasteiger partial charge >= 0.3 is 0 Å². The fourth-order valence-electron chi connectivity index (χ4n) is 1.26. The molecule has 0 fully saturated rings. The van der Waals surface area contributed by atoms with Gasteiger partial charge in [0.1, 0.15) is 12.1 Å². The van der Waals surface area contributed by atoms with Gasteiger partial charge in [-0.3, -0.25) is 0 Å². The molecule has 0 aliphatic rings. The van der Waals surface area contributed by atoms with Crippen LogP contribution in [0.4, 0.5) is 5.82 Å². The molecule has 0 saturated carbocycles. The predicted octanol–water partition coefficient (Wildman–Crippen LogP) is 1.33. The number of nitrogens with zero attached hydrogens (tertiary/aromatic N) is 3. The minimum absolute atomic E-state index is 0.571. The van der Waals surface area contributed by atoms with Crippen LogP contribution in [-0.4, -0.2) is 49.2 Å². The summed E-state index contributed by atoms with van der Waals surface area (Å²) in [6.07, 6.45) is 1.50. The van der Waals surface area contributed by atoms with E-state index in [1.165, 1.54) is 6.33 Å². The van der Waals surface area contributed by atoms with Gasteiger partial charge in [-0.25, -0.2) is 9.97 Å². The Balaban J connectivity index is 2.73. The summed E-state index contributed by atoms with van der Waals surface area (Å²) in [4.78, 5) is 10.3. The average Bonchev–Trinajstić information content (AvgIpc) is 2.34. The molecule has 0 saturated heterocycles. The SMILES string of the molecule is COCCN(CCBr)c1cc(OC)ncn1. The first-order chi connectivity index (χ1) is 7.81. The summed E-state index contributed by atoms with van der Waals surface area (Å²) in [5, 5.41) is 0.878. The van der Waals surface area contributed by atoms with Crippen LogP contribution < -0.4 is 9.64 Å². The minimum Gasteiger partial charge on any atom is -0.481 e. The van der Waals surface area contributed by atoms with Gasteiger partial charge in [-0.2, -0.15) is 0 Å². The van der Waals surface area contributed by atoms with Crippen LogP contribution in [0, 0.1) is 0 Å². The van der Waals surface area contributed by atoms with E-state index in [1.54, 1.807) is 14.2 Å². The molecule has 0 aromatic carbocycles. The second kappa shape index (κ2) is 7.40. The summed E-state index contributed by atoms with van der Waals surface area (Å²) in [5.74, 6) is 1.42. The van der Waals surface area contributed by atoms with Crippen LogP contribution >= 0.6 is 15.9 Å². The summed E-state index contributed by atoms with van der Waals surface area (Å²) < 4.78 is 10.1. The van der Waals surface area contributed by atoms with E-state index >= 15 is 0 Å². The summed E-state index contributed by atoms with van der Waals surface area (Å²) in [5.41, 5.74) is 0. The molecule has 0 amide bonds. The molecule has 0 aliphatic heterocycles. The molecule has 16 heavy (non-hydrogen) atoms. The van der Waals surface area contributed by atoms with Gasteiger partial charge in [0.25, 0.3) is 0 Å². The van der Waals surface area contributed by atoms with E-state index in [9.17, 15) is 0 Å². The molecule has 6 heteroatoms. The van der Waals surface area contributed by atoms with E-state index in [4.69, 9.17) is 9.47 Å². The Hall–Kier alpha value is -0.880. The molecule has 1 aromatic heterocycles. The molecule has 0 N–H and O–H groups in total. The zero-order chi connectivity index (χ0) is 11.8. The molecule has 0 bridgehead atoms. The number of anilines is 1. The highest BCUT2D eigenvalue weighted by Gasteiger charge is 2.08. The van der Waals surface area contributed by atoms with Crippen LogP contribution in [0.5, 0.6) is 5.88 Å². The fourth-order valence-corrected chi connectivity index (χ4v) is 1.69. The summed E-state index contributed by atoms with van der Waals surface area (Å²) in [6, 6.07) is 1.82. The second-order valence-electron chi connectivity index (χ2n) is 3.09. The maximum Gasteiger partial charge on any atom is 0.218 e. The predicted molar refractivity (Wildman–Crippen MR) is 66.5 cm³/mol. The number of halogens is 1. The lowest BCUT2D eigenvalue weighted by molar-refractivity contribution is 0.205. The third-order valence-corrected chi connectivity index (χ3v) is 2.44. The van der Waals surface area contributed by atoms with Gasteiger partial charge in [-0.15, -0.1) is 0 Å². The molecule has 0 aliphatic carbocycles. The minimum atomic E-state index is 0.571. The standard InChI is InChI=1S/C10H16BrN3O2/c1-15-6-5-14(4-3-11)9-7-10(16-2)13-8-12-9/h7-8H,3-6H2,1-2H3. The second-order valence-corrected chi connectivity index (χ2v) is 3.88. The number of aromatic nitrogens is 2. The monoisotopic (exact) mass is 289 g/mol. The molecule has 1 heterocycles. The molecular weight excluding hydrogens is 274 g/mol. The fraction of sp³-hybridized carbons (Fsp3) is 0.600. The molecule has 1 rings (SSSR count). The molecule has 0 atom stereocenters. The first-order valence-electron chi connectivity index (χ1n) is 4.97. The number of alkyl halides is 1. The van der Waals surface area contributed by atoms with Crippen molar-refractivity contribution in [1.29, 1.82) is 0 Å². The number of hydrogen-bond donors (Lipinski definition) is 0. The zero-order valence-electron chi connectivity index (χ0n) is 9.52. The lowest BCUT2D eigenvalue weighted by Gasteiger charge is -2.22. The van der Waals surface area contributed by atoms with Crippen molar-refractivity contribution in [3.63, 3.8) is 0 Å². The number of hydrogen-bond acceptors (Lipinski definition) is 5. The Morgan fingerprint density at radius 1 is 1.31 bits per heavy atom. The highest BCUT2D eigenvalue weighted by molar-refractivity contribution is 9.09. The lowest BCUT2D eigenvalue weighted by Crippen LogP contribution is -2.29. The topological polar surface area (TPSA) is 47.5 Å². The third-order valence-electron chi connectivity index (χ3n) is 2.08. The first kappa shape index (κ1) is 13.2. The van der Waals surface area contributed by atoms with Crippen molar-refractivity contribution < 1.29 is 9.47 Å². The van der Waals surface area contributed by atoms with Crippen molar-refractivity contribution >= 4 is 21.7 Å². The maximum absolute atomic E-state index is 5.07. The van der Waals surface area contributed by atoms with Gasteiger partial charge in [0.05, 0.1) is 13.7 Å². The summed E-state index contributed by atoms with van der Waals surface area (Å²) >= 11 is 3.42. The van der Waals surface area contributed by atoms with Crippen LogP contribution in [0.25, 0.3) is 0 Å². The summed E-state index contributed by atoms with van der Waals surface area (Å²) in [7, 11) is 3.28. The zero-order valence-corrected chi connectivity index (χ0v) is 11.1. The Labute approximate surface area is 104 Å². The molecule has 5 nitrogen and oxygen atoms in total. The average molecular weight is 290 g/mol. The van der Waals surface area contributed by atoms with E-state index in [0.29, 0.717) is 12.5 Å². The van der Waals surface area contributed by atoms with Gasteiger partial charge in [-0.1, -0.05) is 15.9 Å². The van der Waals surface area contributed by atoms with Crippen molar-refractivity contribution in [1.82, 2.24) is 9.97 Å². The van der Waals surface area contributed by atoms with Crippen LogP contribution in [0.15, 0.2) is 12.4 Å². The van der Waals surface area contributed by atoms with Crippen molar-refractivity contribution in [2.75, 3.05) is 44.1 Å². The Bertz CT molecular complexity index is 312. The normalized spacial score (nSPS) is 10.2. The number of ether oxygens (including phenoxy) is 2. The number of methoxy groups -OCH3 is 2. The highest BCUT2D eigenvalue weighted by atomic mass is 79.9.